The van der Waals surface area contributed by atoms with E-state index in [0.717, 1.165) is 38.4 Å². The molecule has 1 aromatic rings. The van der Waals surface area contributed by atoms with E-state index in [2.05, 4.69) is 17.3 Å². The van der Waals surface area contributed by atoms with Crippen molar-refractivity contribution in [2.45, 2.75) is 12.8 Å². The van der Waals surface area contributed by atoms with Crippen LogP contribution in [0.2, 0.25) is 0 Å². The molecule has 0 unspecified atom stereocenters. The van der Waals surface area contributed by atoms with Gasteiger partial charge in [0.15, 0.2) is 0 Å². The van der Waals surface area contributed by atoms with E-state index in [-0.39, 0.29) is 0 Å². The van der Waals surface area contributed by atoms with Gasteiger partial charge in [-0.15, -0.1) is 0 Å². The van der Waals surface area contributed by atoms with Crippen molar-refractivity contribution in [3.05, 3.63) is 30.3 Å². The van der Waals surface area contributed by atoms with Crippen LogP contribution in [0.25, 0.3) is 0 Å². The average Bonchev–Trinajstić information content (AvgIpc) is 2.36. The second-order valence-corrected chi connectivity index (χ2v) is 4.28. The summed E-state index contributed by atoms with van der Waals surface area (Å²) >= 11 is 0. The van der Waals surface area contributed by atoms with Gasteiger partial charge in [0.2, 0.25) is 0 Å². The third-order valence-corrected chi connectivity index (χ3v) is 2.66. The van der Waals surface area contributed by atoms with Gasteiger partial charge in [0, 0.05) is 6.54 Å². The second-order valence-electron chi connectivity index (χ2n) is 4.28. The Morgan fingerprint density at radius 2 is 1.82 bits per heavy atom. The van der Waals surface area contributed by atoms with Gasteiger partial charge in [-0.1, -0.05) is 18.2 Å². The number of ether oxygens (including phenoxy) is 1. The number of nitrogens with one attached hydrogen (secondary N) is 1. The van der Waals surface area contributed by atoms with Gasteiger partial charge in [0.05, 0.1) is 6.61 Å². The Bertz CT molecular complexity index is 277. The largest absolute Gasteiger partial charge is 0.494 e. The van der Waals surface area contributed by atoms with Crippen LogP contribution in [-0.4, -0.2) is 45.2 Å². The number of para-hydroxylation sites is 1. The Labute approximate surface area is 105 Å². The molecule has 0 aliphatic heterocycles. The summed E-state index contributed by atoms with van der Waals surface area (Å²) in [4.78, 5) is 2.35. The smallest absolute Gasteiger partial charge is 0.119 e. The van der Waals surface area contributed by atoms with Gasteiger partial charge in [-0.25, -0.2) is 0 Å². The molecule has 1 rings (SSSR count). The molecule has 1 aromatic carbocycles. The van der Waals surface area contributed by atoms with Crippen molar-refractivity contribution < 1.29 is 4.74 Å². The molecule has 0 atom stereocenters. The zero-order valence-corrected chi connectivity index (χ0v) is 11.0. The maximum absolute atomic E-state index is 5.64. The lowest BCUT2D eigenvalue weighted by Gasteiger charge is -2.16. The molecule has 3 nitrogen and oxygen atoms in total. The van der Waals surface area contributed by atoms with E-state index in [0.29, 0.717) is 0 Å². The first-order valence-electron chi connectivity index (χ1n) is 6.34. The normalized spacial score (nSPS) is 10.8. The summed E-state index contributed by atoms with van der Waals surface area (Å²) in [6, 6.07) is 9.99. The molecule has 1 N–H and O–H groups in total. The first kappa shape index (κ1) is 14.0. The Balaban J connectivity index is 2.00. The minimum Gasteiger partial charge on any atom is -0.494 e. The maximum atomic E-state index is 5.64. The van der Waals surface area contributed by atoms with Crippen LogP contribution in [0.4, 0.5) is 0 Å². The third kappa shape index (κ3) is 6.97. The summed E-state index contributed by atoms with van der Waals surface area (Å²) in [6.45, 7) is 4.12. The van der Waals surface area contributed by atoms with Crippen molar-refractivity contribution >= 4 is 0 Å². The number of nitrogens with zero attached hydrogens (tertiary/aromatic N) is 1. The highest BCUT2D eigenvalue weighted by Crippen LogP contribution is 2.08. The van der Waals surface area contributed by atoms with Gasteiger partial charge in [-0.3, -0.25) is 0 Å². The number of hydrogen-bond acceptors (Lipinski definition) is 3. The number of rotatable bonds is 9. The van der Waals surface area contributed by atoms with Crippen LogP contribution in [0.1, 0.15) is 12.8 Å². The van der Waals surface area contributed by atoms with Crippen molar-refractivity contribution in [3.63, 3.8) is 0 Å². The van der Waals surface area contributed by atoms with E-state index in [1.54, 1.807) is 0 Å². The van der Waals surface area contributed by atoms with Crippen molar-refractivity contribution in [2.24, 2.45) is 0 Å². The molecule has 0 saturated carbocycles. The minimum atomic E-state index is 0.792. The predicted molar refractivity (Wildman–Crippen MR) is 72.6 cm³/mol. The fourth-order valence-corrected chi connectivity index (χ4v) is 1.68. The molecule has 0 bridgehead atoms. The van der Waals surface area contributed by atoms with E-state index in [9.17, 15) is 0 Å². The van der Waals surface area contributed by atoms with Gasteiger partial charge < -0.3 is 15.0 Å². The molecular formula is C14H24N2O. The Hall–Kier alpha value is -1.06. The van der Waals surface area contributed by atoms with Gasteiger partial charge in [-0.05, 0) is 52.2 Å². The van der Waals surface area contributed by atoms with Crippen molar-refractivity contribution in [2.75, 3.05) is 40.3 Å². The minimum absolute atomic E-state index is 0.792. The zero-order chi connectivity index (χ0) is 12.3. The molecule has 0 aromatic heterocycles. The SMILES string of the molecule is CNCCCN(C)CCCOc1ccccc1. The number of hydrogen-bond donors (Lipinski definition) is 1. The molecule has 0 aliphatic rings. The van der Waals surface area contributed by atoms with Crippen LogP contribution >= 0.6 is 0 Å². The van der Waals surface area contributed by atoms with E-state index < -0.39 is 0 Å². The molecule has 0 spiro atoms. The van der Waals surface area contributed by atoms with Crippen LogP contribution in [0, 0.1) is 0 Å². The Morgan fingerprint density at radius 3 is 2.53 bits per heavy atom. The quantitative estimate of drug-likeness (QED) is 0.664. The van der Waals surface area contributed by atoms with Gasteiger partial charge in [0.25, 0.3) is 0 Å². The fraction of sp³-hybridized carbons (Fsp3) is 0.571. The van der Waals surface area contributed by atoms with Crippen molar-refractivity contribution in [1.82, 2.24) is 10.2 Å². The Kier molecular flexibility index (Phi) is 7.43. The van der Waals surface area contributed by atoms with Gasteiger partial charge in [0.1, 0.15) is 5.75 Å². The second kappa shape index (κ2) is 9.02. The summed E-state index contributed by atoms with van der Waals surface area (Å²) in [5.74, 6) is 0.963. The lowest BCUT2D eigenvalue weighted by atomic mass is 10.3. The first-order valence-corrected chi connectivity index (χ1v) is 6.34. The molecule has 17 heavy (non-hydrogen) atoms. The fourth-order valence-electron chi connectivity index (χ4n) is 1.68. The average molecular weight is 236 g/mol. The van der Waals surface area contributed by atoms with Gasteiger partial charge >= 0.3 is 0 Å². The molecule has 0 radical (unpaired) electrons. The molecule has 3 heteroatoms. The highest BCUT2D eigenvalue weighted by molar-refractivity contribution is 5.20. The van der Waals surface area contributed by atoms with Crippen molar-refractivity contribution in [3.8, 4) is 5.75 Å². The first-order chi connectivity index (χ1) is 8.33. The van der Waals surface area contributed by atoms with E-state index >= 15 is 0 Å². The standard InChI is InChI=1S/C14H24N2O/c1-15-10-6-11-16(2)12-7-13-17-14-8-4-3-5-9-14/h3-5,8-9,15H,6-7,10-13H2,1-2H3. The Morgan fingerprint density at radius 1 is 1.12 bits per heavy atom. The lowest BCUT2D eigenvalue weighted by Crippen LogP contribution is -2.24. The predicted octanol–water partition coefficient (Wildman–Crippen LogP) is 2.00. The van der Waals surface area contributed by atoms with Crippen LogP contribution in [0.15, 0.2) is 30.3 Å². The lowest BCUT2D eigenvalue weighted by molar-refractivity contribution is 0.261. The van der Waals surface area contributed by atoms with E-state index in [1.807, 2.05) is 37.4 Å². The summed E-state index contributed by atoms with van der Waals surface area (Å²) in [6.07, 6.45) is 2.28. The molecule has 96 valence electrons. The van der Waals surface area contributed by atoms with Crippen LogP contribution in [0.5, 0.6) is 5.75 Å². The molecule has 0 amide bonds. The molecular weight excluding hydrogens is 212 g/mol. The molecule has 0 aliphatic carbocycles. The molecule has 0 heterocycles. The van der Waals surface area contributed by atoms with E-state index in [1.165, 1.54) is 6.42 Å². The molecule has 0 fully saturated rings. The van der Waals surface area contributed by atoms with Crippen molar-refractivity contribution in [1.29, 1.82) is 0 Å². The summed E-state index contributed by atoms with van der Waals surface area (Å²) in [7, 11) is 4.16. The summed E-state index contributed by atoms with van der Waals surface area (Å²) < 4.78 is 5.64. The topological polar surface area (TPSA) is 24.5 Å². The van der Waals surface area contributed by atoms with E-state index in [4.69, 9.17) is 4.74 Å². The zero-order valence-electron chi connectivity index (χ0n) is 11.0. The molecule has 0 saturated heterocycles. The highest BCUT2D eigenvalue weighted by Gasteiger charge is 1.98. The maximum Gasteiger partial charge on any atom is 0.119 e. The van der Waals surface area contributed by atoms with Gasteiger partial charge in [-0.2, -0.15) is 0 Å². The number of benzene rings is 1. The summed E-state index contributed by atoms with van der Waals surface area (Å²) in [5, 5.41) is 3.16. The van der Waals surface area contributed by atoms with Crippen LogP contribution in [0.3, 0.4) is 0 Å². The highest BCUT2D eigenvalue weighted by atomic mass is 16.5. The van der Waals surface area contributed by atoms with Crippen LogP contribution < -0.4 is 10.1 Å². The third-order valence-electron chi connectivity index (χ3n) is 2.66. The summed E-state index contributed by atoms with van der Waals surface area (Å²) in [5.41, 5.74) is 0. The van der Waals surface area contributed by atoms with Crippen LogP contribution in [-0.2, 0) is 0 Å². The monoisotopic (exact) mass is 236 g/mol.